The highest BCUT2D eigenvalue weighted by molar-refractivity contribution is 5.38. The molecule has 0 saturated carbocycles. The molecule has 1 unspecified atom stereocenters. The van der Waals surface area contributed by atoms with Crippen molar-refractivity contribution in [3.8, 4) is 5.69 Å². The van der Waals surface area contributed by atoms with Gasteiger partial charge in [-0.15, -0.1) is 5.10 Å². The molecule has 0 fully saturated rings. The Morgan fingerprint density at radius 1 is 1.22 bits per heavy atom. The zero-order chi connectivity index (χ0) is 13.3. The summed E-state index contributed by atoms with van der Waals surface area (Å²) in [5, 5.41) is 8.35. The molecule has 2 aromatic rings. The molecule has 18 heavy (non-hydrogen) atoms. The van der Waals surface area contributed by atoms with Gasteiger partial charge < -0.3 is 5.73 Å². The molecule has 0 aliphatic rings. The molecule has 0 spiro atoms. The van der Waals surface area contributed by atoms with E-state index in [9.17, 15) is 0 Å². The maximum Gasteiger partial charge on any atom is 0.102 e. The highest BCUT2D eigenvalue weighted by atomic mass is 15.4. The number of nitrogens with two attached hydrogens (primary N) is 1. The van der Waals surface area contributed by atoms with Crippen molar-refractivity contribution in [1.82, 2.24) is 15.0 Å². The lowest BCUT2D eigenvalue weighted by Gasteiger charge is -2.09. The van der Waals surface area contributed by atoms with Crippen molar-refractivity contribution in [1.29, 1.82) is 0 Å². The van der Waals surface area contributed by atoms with Gasteiger partial charge in [0.15, 0.2) is 0 Å². The van der Waals surface area contributed by atoms with Gasteiger partial charge in [0.2, 0.25) is 0 Å². The Bertz CT molecular complexity index is 540. The molecule has 0 bridgehead atoms. The monoisotopic (exact) mass is 244 g/mol. The van der Waals surface area contributed by atoms with Crippen LogP contribution in [0.2, 0.25) is 0 Å². The summed E-state index contributed by atoms with van der Waals surface area (Å²) in [6, 6.07) is 8.28. The van der Waals surface area contributed by atoms with E-state index in [1.54, 1.807) is 0 Å². The molecule has 0 aliphatic heterocycles. The van der Waals surface area contributed by atoms with Crippen molar-refractivity contribution < 1.29 is 0 Å². The van der Waals surface area contributed by atoms with E-state index in [-0.39, 0.29) is 6.04 Å². The van der Waals surface area contributed by atoms with Gasteiger partial charge in [-0.05, 0) is 37.5 Å². The van der Waals surface area contributed by atoms with Crippen LogP contribution in [0.15, 0.2) is 24.3 Å². The number of benzene rings is 1. The van der Waals surface area contributed by atoms with E-state index < -0.39 is 0 Å². The first kappa shape index (κ1) is 12.8. The predicted octanol–water partition coefficient (Wildman–Crippen LogP) is 2.72. The minimum Gasteiger partial charge on any atom is -0.323 e. The third kappa shape index (κ3) is 2.29. The van der Waals surface area contributed by atoms with Crippen molar-refractivity contribution >= 4 is 0 Å². The second kappa shape index (κ2) is 4.90. The lowest BCUT2D eigenvalue weighted by atomic mass is 10.0. The molecule has 0 amide bonds. The zero-order valence-corrected chi connectivity index (χ0v) is 11.4. The predicted molar refractivity (Wildman–Crippen MR) is 72.8 cm³/mol. The quantitative estimate of drug-likeness (QED) is 0.903. The van der Waals surface area contributed by atoms with Gasteiger partial charge in [0.1, 0.15) is 5.69 Å². The van der Waals surface area contributed by atoms with Crippen LogP contribution in [0.1, 0.15) is 49.7 Å². The number of hydrogen-bond acceptors (Lipinski definition) is 3. The second-order valence-corrected chi connectivity index (χ2v) is 5.01. The highest BCUT2D eigenvalue weighted by Gasteiger charge is 2.13. The Hall–Kier alpha value is -1.68. The molecule has 1 aromatic heterocycles. The van der Waals surface area contributed by atoms with E-state index >= 15 is 0 Å². The molecule has 0 radical (unpaired) electrons. The smallest absolute Gasteiger partial charge is 0.102 e. The van der Waals surface area contributed by atoms with Crippen LogP contribution in [0, 0.1) is 6.92 Å². The Labute approximate surface area is 108 Å². The number of aromatic nitrogens is 3. The number of hydrogen-bond donors (Lipinski definition) is 1. The van der Waals surface area contributed by atoms with E-state index in [1.165, 1.54) is 5.56 Å². The zero-order valence-electron chi connectivity index (χ0n) is 11.4. The van der Waals surface area contributed by atoms with Crippen molar-refractivity contribution in [2.75, 3.05) is 0 Å². The van der Waals surface area contributed by atoms with Gasteiger partial charge in [-0.2, -0.15) is 0 Å². The van der Waals surface area contributed by atoms with Crippen LogP contribution in [0.4, 0.5) is 0 Å². The maximum absolute atomic E-state index is 5.87. The van der Waals surface area contributed by atoms with E-state index in [0.29, 0.717) is 5.92 Å². The number of rotatable bonds is 3. The average Bonchev–Trinajstić information content (AvgIpc) is 2.71. The number of nitrogens with zero attached hydrogens (tertiary/aromatic N) is 3. The van der Waals surface area contributed by atoms with Crippen molar-refractivity contribution in [2.24, 2.45) is 5.73 Å². The molecule has 96 valence electrons. The van der Waals surface area contributed by atoms with E-state index in [1.807, 2.05) is 24.6 Å². The third-order valence-corrected chi connectivity index (χ3v) is 3.14. The van der Waals surface area contributed by atoms with Gasteiger partial charge in [-0.1, -0.05) is 31.2 Å². The van der Waals surface area contributed by atoms with Crippen molar-refractivity contribution in [2.45, 2.75) is 39.7 Å². The summed E-state index contributed by atoms with van der Waals surface area (Å²) < 4.78 is 1.85. The lowest BCUT2D eigenvalue weighted by Crippen LogP contribution is -2.08. The summed E-state index contributed by atoms with van der Waals surface area (Å²) in [6.07, 6.45) is 0. The molecule has 0 saturated heterocycles. The van der Waals surface area contributed by atoms with Gasteiger partial charge in [-0.3, -0.25) is 0 Å². The first-order valence-electron chi connectivity index (χ1n) is 6.28. The Balaban J connectivity index is 2.46. The summed E-state index contributed by atoms with van der Waals surface area (Å²) >= 11 is 0. The van der Waals surface area contributed by atoms with Gasteiger partial charge in [0.05, 0.1) is 11.4 Å². The summed E-state index contributed by atoms with van der Waals surface area (Å²) in [6.45, 7) is 8.29. The van der Waals surface area contributed by atoms with E-state index in [4.69, 9.17) is 5.73 Å². The van der Waals surface area contributed by atoms with Gasteiger partial charge in [-0.25, -0.2) is 4.68 Å². The largest absolute Gasteiger partial charge is 0.323 e. The molecule has 2 rings (SSSR count). The van der Waals surface area contributed by atoms with Crippen LogP contribution in [0.3, 0.4) is 0 Å². The van der Waals surface area contributed by atoms with Crippen LogP contribution < -0.4 is 5.73 Å². The Kier molecular flexibility index (Phi) is 3.48. The van der Waals surface area contributed by atoms with Crippen LogP contribution in [-0.2, 0) is 0 Å². The average molecular weight is 244 g/mol. The lowest BCUT2D eigenvalue weighted by molar-refractivity contribution is 0.755. The van der Waals surface area contributed by atoms with Gasteiger partial charge >= 0.3 is 0 Å². The van der Waals surface area contributed by atoms with Crippen LogP contribution >= 0.6 is 0 Å². The highest BCUT2D eigenvalue weighted by Crippen LogP contribution is 2.20. The standard InChI is InChI=1S/C14H20N4/c1-9(2)12-6-5-7-13(8-12)18-11(4)14(10(3)15)16-17-18/h5-10H,15H2,1-4H3. The summed E-state index contributed by atoms with van der Waals surface area (Å²) in [5.41, 5.74) is 10.1. The van der Waals surface area contributed by atoms with Crippen LogP contribution in [-0.4, -0.2) is 15.0 Å². The fraction of sp³-hybridized carbons (Fsp3) is 0.429. The topological polar surface area (TPSA) is 56.7 Å². The summed E-state index contributed by atoms with van der Waals surface area (Å²) in [5.74, 6) is 0.502. The molecule has 1 heterocycles. The molecule has 2 N–H and O–H groups in total. The summed E-state index contributed by atoms with van der Waals surface area (Å²) in [4.78, 5) is 0. The molecule has 1 atom stereocenters. The minimum atomic E-state index is -0.0907. The second-order valence-electron chi connectivity index (χ2n) is 5.01. The molecule has 4 heteroatoms. The van der Waals surface area contributed by atoms with E-state index in [0.717, 1.165) is 17.1 Å². The molecule has 1 aromatic carbocycles. The first-order valence-corrected chi connectivity index (χ1v) is 6.28. The van der Waals surface area contributed by atoms with Crippen LogP contribution in [0.25, 0.3) is 5.69 Å². The molecule has 0 aliphatic carbocycles. The molecular formula is C14H20N4. The normalized spacial score (nSPS) is 13.0. The van der Waals surface area contributed by atoms with Gasteiger partial charge in [0, 0.05) is 6.04 Å². The fourth-order valence-corrected chi connectivity index (χ4v) is 2.02. The minimum absolute atomic E-state index is 0.0907. The third-order valence-electron chi connectivity index (χ3n) is 3.14. The van der Waals surface area contributed by atoms with Crippen molar-refractivity contribution in [3.63, 3.8) is 0 Å². The maximum atomic E-state index is 5.87. The Morgan fingerprint density at radius 2 is 1.94 bits per heavy atom. The van der Waals surface area contributed by atoms with Gasteiger partial charge in [0.25, 0.3) is 0 Å². The summed E-state index contributed by atoms with van der Waals surface area (Å²) in [7, 11) is 0. The van der Waals surface area contributed by atoms with E-state index in [2.05, 4.69) is 42.4 Å². The first-order chi connectivity index (χ1) is 8.50. The molecular weight excluding hydrogens is 224 g/mol. The van der Waals surface area contributed by atoms with Crippen LogP contribution in [0.5, 0.6) is 0 Å². The van der Waals surface area contributed by atoms with Crippen molar-refractivity contribution in [3.05, 3.63) is 41.2 Å². The Morgan fingerprint density at radius 3 is 2.50 bits per heavy atom. The molecule has 4 nitrogen and oxygen atoms in total. The fourth-order valence-electron chi connectivity index (χ4n) is 2.02. The SMILES string of the molecule is Cc1c(C(C)N)nnn1-c1cccc(C(C)C)c1.